The molecule has 0 bridgehead atoms. The maximum absolute atomic E-state index is 12.3. The van der Waals surface area contributed by atoms with Gasteiger partial charge < -0.3 is 15.2 Å². The van der Waals surface area contributed by atoms with Crippen molar-refractivity contribution in [3.63, 3.8) is 0 Å². The molecule has 1 aliphatic heterocycles. The highest BCUT2D eigenvalue weighted by Crippen LogP contribution is 2.49. The molecule has 1 aliphatic carbocycles. The predicted molar refractivity (Wildman–Crippen MR) is 87.5 cm³/mol. The summed E-state index contributed by atoms with van der Waals surface area (Å²) < 4.78 is 5.53. The van der Waals surface area contributed by atoms with E-state index in [4.69, 9.17) is 4.74 Å². The number of esters is 1. The molecule has 0 unspecified atom stereocenters. The maximum Gasteiger partial charge on any atom is 0.348 e. The number of allylic oxidation sites excluding steroid dienone is 1. The minimum absolute atomic E-state index is 0.236. The van der Waals surface area contributed by atoms with Crippen molar-refractivity contribution in [3.8, 4) is 0 Å². The van der Waals surface area contributed by atoms with E-state index in [0.29, 0.717) is 10.5 Å². The Kier molecular flexibility index (Phi) is 4.09. The van der Waals surface area contributed by atoms with Crippen molar-refractivity contribution in [2.75, 3.05) is 0 Å². The van der Waals surface area contributed by atoms with Crippen LogP contribution in [0.3, 0.4) is 0 Å². The first-order chi connectivity index (χ1) is 11.3. The summed E-state index contributed by atoms with van der Waals surface area (Å²) in [6, 6.07) is 2.74. The van der Waals surface area contributed by atoms with Crippen molar-refractivity contribution in [2.24, 2.45) is 11.8 Å². The summed E-state index contributed by atoms with van der Waals surface area (Å²) in [6.07, 6.45) is 0.655. The van der Waals surface area contributed by atoms with E-state index in [0.717, 1.165) is 0 Å². The van der Waals surface area contributed by atoms with E-state index in [9.17, 15) is 19.5 Å². The summed E-state index contributed by atoms with van der Waals surface area (Å²) in [5.74, 6) is -2.40. The maximum atomic E-state index is 12.3. The quantitative estimate of drug-likeness (QED) is 0.634. The lowest BCUT2D eigenvalue weighted by molar-refractivity contribution is -0.135. The molecule has 0 radical (unpaired) electrons. The number of rotatable bonds is 3. The highest BCUT2D eigenvalue weighted by molar-refractivity contribution is 7.11. The summed E-state index contributed by atoms with van der Waals surface area (Å²) in [6.45, 7) is 4.59. The number of fused-ring (bicyclic) bond motifs is 1. The van der Waals surface area contributed by atoms with Gasteiger partial charge in [-0.2, -0.15) is 0 Å². The largest absolute Gasteiger partial charge is 0.453 e. The molecule has 1 amide bonds. The molecule has 128 valence electrons. The third-order valence-corrected chi connectivity index (χ3v) is 5.75. The van der Waals surface area contributed by atoms with Gasteiger partial charge in [0.05, 0.1) is 12.0 Å². The van der Waals surface area contributed by atoms with Crippen molar-refractivity contribution in [3.05, 3.63) is 34.0 Å². The second-order valence-electron chi connectivity index (χ2n) is 6.39. The first kappa shape index (κ1) is 16.9. The van der Waals surface area contributed by atoms with Gasteiger partial charge in [-0.3, -0.25) is 9.59 Å². The molecular formula is C17H19NO5S. The van der Waals surface area contributed by atoms with Crippen LogP contribution in [0.1, 0.15) is 30.4 Å². The van der Waals surface area contributed by atoms with Gasteiger partial charge in [0.2, 0.25) is 5.91 Å². The Balaban J connectivity index is 1.98. The van der Waals surface area contributed by atoms with Gasteiger partial charge in [0.25, 0.3) is 0 Å². The molecule has 3 rings (SSSR count). The van der Waals surface area contributed by atoms with Crippen molar-refractivity contribution < 1.29 is 24.2 Å². The van der Waals surface area contributed by atoms with Gasteiger partial charge in [-0.25, -0.2) is 4.79 Å². The van der Waals surface area contributed by atoms with Crippen molar-refractivity contribution in [1.29, 1.82) is 0 Å². The summed E-state index contributed by atoms with van der Waals surface area (Å²) in [4.78, 5) is 37.0. The number of carbonyl (C=O) groups is 3. The average Bonchev–Trinajstić information content (AvgIpc) is 3.16. The van der Waals surface area contributed by atoms with Gasteiger partial charge in [-0.15, -0.1) is 11.3 Å². The van der Waals surface area contributed by atoms with Crippen LogP contribution in [0.25, 0.3) is 0 Å². The minimum atomic E-state index is -1.56. The molecule has 5 atom stereocenters. The van der Waals surface area contributed by atoms with E-state index < -0.39 is 35.6 Å². The predicted octanol–water partition coefficient (Wildman–Crippen LogP) is 1.30. The SMILES string of the molecule is C/C=C1/C(=O)N[C@H]2[C@H]1[C@H](C(C)=O)[C@@](C)(O)[C@H]2OC(=O)c1cccs1. The van der Waals surface area contributed by atoms with E-state index in [2.05, 4.69) is 5.32 Å². The fraction of sp³-hybridized carbons (Fsp3) is 0.471. The fourth-order valence-corrected chi connectivity index (χ4v) is 4.58. The molecule has 0 spiro atoms. The monoisotopic (exact) mass is 349 g/mol. The van der Waals surface area contributed by atoms with Gasteiger partial charge >= 0.3 is 5.97 Å². The Labute approximate surface area is 143 Å². The number of amides is 1. The first-order valence-corrected chi connectivity index (χ1v) is 8.61. The Hall–Kier alpha value is -1.99. The number of aliphatic hydroxyl groups is 1. The molecule has 2 fully saturated rings. The lowest BCUT2D eigenvalue weighted by Gasteiger charge is -2.31. The van der Waals surface area contributed by atoms with Crippen molar-refractivity contribution in [1.82, 2.24) is 5.32 Å². The number of ether oxygens (including phenoxy) is 1. The van der Waals surface area contributed by atoms with E-state index in [1.807, 2.05) is 0 Å². The van der Waals surface area contributed by atoms with Crippen LogP contribution in [0.4, 0.5) is 0 Å². The van der Waals surface area contributed by atoms with Crippen LogP contribution < -0.4 is 5.32 Å². The van der Waals surface area contributed by atoms with Crippen LogP contribution in [-0.2, 0) is 14.3 Å². The number of thiophene rings is 1. The molecular weight excluding hydrogens is 330 g/mol. The summed E-state index contributed by atoms with van der Waals surface area (Å²) >= 11 is 1.23. The molecule has 1 saturated carbocycles. The third-order valence-electron chi connectivity index (χ3n) is 4.90. The van der Waals surface area contributed by atoms with Crippen LogP contribution >= 0.6 is 11.3 Å². The lowest BCUT2D eigenvalue weighted by Crippen LogP contribution is -2.51. The second-order valence-corrected chi connectivity index (χ2v) is 7.33. The number of ketones is 1. The number of Topliss-reactive ketones (excluding diaryl/α,β-unsaturated/α-hetero) is 1. The normalized spacial score (nSPS) is 36.5. The van der Waals surface area contributed by atoms with Crippen LogP contribution in [-0.4, -0.2) is 40.5 Å². The molecule has 0 aromatic carbocycles. The average molecular weight is 349 g/mol. The van der Waals surface area contributed by atoms with E-state index in [1.54, 1.807) is 30.5 Å². The van der Waals surface area contributed by atoms with Crippen LogP contribution in [0, 0.1) is 11.8 Å². The zero-order valence-corrected chi connectivity index (χ0v) is 14.4. The molecule has 1 aromatic rings. The number of hydrogen-bond donors (Lipinski definition) is 2. The Morgan fingerprint density at radius 2 is 2.17 bits per heavy atom. The molecule has 1 saturated heterocycles. The number of nitrogens with one attached hydrogen (secondary N) is 1. The molecule has 7 heteroatoms. The van der Waals surface area contributed by atoms with Gasteiger partial charge in [-0.05, 0) is 32.2 Å². The lowest BCUT2D eigenvalue weighted by atomic mass is 9.80. The smallest absolute Gasteiger partial charge is 0.348 e. The molecule has 2 aliphatic rings. The van der Waals surface area contributed by atoms with Crippen LogP contribution in [0.5, 0.6) is 0 Å². The minimum Gasteiger partial charge on any atom is -0.453 e. The van der Waals surface area contributed by atoms with Gasteiger partial charge in [0, 0.05) is 11.5 Å². The summed E-state index contributed by atoms with van der Waals surface area (Å²) in [5.41, 5.74) is -1.11. The van der Waals surface area contributed by atoms with Crippen molar-refractivity contribution >= 4 is 29.0 Å². The fourth-order valence-electron chi connectivity index (χ4n) is 3.97. The molecule has 2 heterocycles. The topological polar surface area (TPSA) is 92.7 Å². The van der Waals surface area contributed by atoms with E-state index in [1.165, 1.54) is 25.2 Å². The second kappa shape index (κ2) is 5.82. The van der Waals surface area contributed by atoms with Crippen molar-refractivity contribution in [2.45, 2.75) is 38.5 Å². The third kappa shape index (κ3) is 2.39. The molecule has 2 N–H and O–H groups in total. The molecule has 6 nitrogen and oxygen atoms in total. The van der Waals surface area contributed by atoms with E-state index in [-0.39, 0.29) is 11.7 Å². The summed E-state index contributed by atoms with van der Waals surface area (Å²) in [5, 5.41) is 15.5. The van der Waals surface area contributed by atoms with Gasteiger partial charge in [0.1, 0.15) is 16.3 Å². The van der Waals surface area contributed by atoms with E-state index >= 15 is 0 Å². The highest BCUT2D eigenvalue weighted by atomic mass is 32.1. The highest BCUT2D eigenvalue weighted by Gasteiger charge is 2.65. The first-order valence-electron chi connectivity index (χ1n) is 7.73. The zero-order valence-electron chi connectivity index (χ0n) is 13.6. The molecule has 1 aromatic heterocycles. The Morgan fingerprint density at radius 3 is 2.71 bits per heavy atom. The Morgan fingerprint density at radius 1 is 1.46 bits per heavy atom. The summed E-state index contributed by atoms with van der Waals surface area (Å²) in [7, 11) is 0. The standard InChI is InChI=1S/C17H19NO5S/c1-4-9-11-12(8(2)19)17(3,22)14(13(11)18-15(9)20)23-16(21)10-6-5-7-24-10/h4-7,11-14,22H,1-3H3,(H,18,20)/b9-4+/t11-,12+,13+,14+,17-/m1/s1. The Bertz CT molecular complexity index is 721. The van der Waals surface area contributed by atoms with Crippen LogP contribution in [0.2, 0.25) is 0 Å². The van der Waals surface area contributed by atoms with Gasteiger partial charge in [-0.1, -0.05) is 12.1 Å². The molecule has 24 heavy (non-hydrogen) atoms. The number of hydrogen-bond acceptors (Lipinski definition) is 6. The zero-order chi connectivity index (χ0) is 17.6. The van der Waals surface area contributed by atoms with Crippen LogP contribution in [0.15, 0.2) is 29.2 Å². The van der Waals surface area contributed by atoms with Gasteiger partial charge in [0.15, 0.2) is 6.10 Å². The number of carbonyl (C=O) groups excluding carboxylic acids is 3.